The summed E-state index contributed by atoms with van der Waals surface area (Å²) in [5.41, 5.74) is 1.14. The van der Waals surface area contributed by atoms with Crippen LogP contribution in [-0.4, -0.2) is 27.8 Å². The van der Waals surface area contributed by atoms with Crippen LogP contribution in [-0.2, 0) is 6.61 Å². The molecule has 1 aliphatic carbocycles. The summed E-state index contributed by atoms with van der Waals surface area (Å²) in [7, 11) is 0. The summed E-state index contributed by atoms with van der Waals surface area (Å²) in [6, 6.07) is 8.79. The molecule has 8 heteroatoms. The third kappa shape index (κ3) is 3.35. The quantitative estimate of drug-likeness (QED) is 0.756. The molecule has 0 bridgehead atoms. The van der Waals surface area contributed by atoms with Gasteiger partial charge in [0.25, 0.3) is 11.8 Å². The topological polar surface area (TPSA) is 77.2 Å². The number of nitrogens with one attached hydrogen (secondary N) is 1. The van der Waals surface area contributed by atoms with Gasteiger partial charge in [0.2, 0.25) is 0 Å². The van der Waals surface area contributed by atoms with E-state index in [9.17, 15) is 13.6 Å². The predicted octanol–water partition coefficient (Wildman–Crippen LogP) is 3.33. The van der Waals surface area contributed by atoms with Crippen LogP contribution >= 0.6 is 0 Å². The first kappa shape index (κ1) is 16.4. The highest BCUT2D eigenvalue weighted by Gasteiger charge is 2.46. The number of aromatic nitrogens is 2. The maximum Gasteiger partial charge on any atom is 0.307 e. The molecule has 1 aromatic carbocycles. The highest BCUT2D eigenvalue weighted by Crippen LogP contribution is 2.37. The molecule has 26 heavy (non-hydrogen) atoms. The van der Waals surface area contributed by atoms with Gasteiger partial charge in [-0.2, -0.15) is 0 Å². The number of hydrogen-bond donors (Lipinski definition) is 1. The lowest BCUT2D eigenvalue weighted by Crippen LogP contribution is -2.50. The van der Waals surface area contributed by atoms with Crippen molar-refractivity contribution in [3.8, 4) is 5.75 Å². The first-order valence-electron chi connectivity index (χ1n) is 8.10. The molecule has 0 aliphatic heterocycles. The molecule has 0 unspecified atom stereocenters. The highest BCUT2D eigenvalue weighted by atomic mass is 19.3. The predicted molar refractivity (Wildman–Crippen MR) is 88.0 cm³/mol. The van der Waals surface area contributed by atoms with Crippen LogP contribution in [0.25, 0.3) is 10.9 Å². The van der Waals surface area contributed by atoms with Crippen molar-refractivity contribution in [3.05, 3.63) is 54.4 Å². The lowest BCUT2D eigenvalue weighted by Gasteiger charge is -2.34. The van der Waals surface area contributed by atoms with Crippen LogP contribution in [0.5, 0.6) is 5.75 Å². The van der Waals surface area contributed by atoms with Gasteiger partial charge in [-0.25, -0.2) is 13.8 Å². The number of ether oxygens (including phenoxy) is 1. The Bertz CT molecular complexity index is 944. The Morgan fingerprint density at radius 2 is 2.12 bits per heavy atom. The second-order valence-corrected chi connectivity index (χ2v) is 6.20. The van der Waals surface area contributed by atoms with Gasteiger partial charge in [0, 0.05) is 30.5 Å². The zero-order chi connectivity index (χ0) is 18.1. The summed E-state index contributed by atoms with van der Waals surface area (Å²) in [6.45, 7) is 0.0912. The molecule has 1 N–H and O–H groups in total. The minimum absolute atomic E-state index is 0.0912. The summed E-state index contributed by atoms with van der Waals surface area (Å²) < 4.78 is 36.5. The second kappa shape index (κ2) is 6.36. The number of para-hydroxylation sites is 1. The summed E-state index contributed by atoms with van der Waals surface area (Å²) in [6.07, 6.45) is 2.27. The fourth-order valence-corrected chi connectivity index (χ4v) is 2.83. The lowest BCUT2D eigenvalue weighted by molar-refractivity contribution is -0.0903. The Hall–Kier alpha value is -3.03. The molecular formula is C18H15F2N3O3. The van der Waals surface area contributed by atoms with Gasteiger partial charge in [0.1, 0.15) is 29.8 Å². The molecule has 0 atom stereocenters. The molecule has 134 valence electrons. The normalized spacial score (nSPS) is 16.2. The van der Waals surface area contributed by atoms with Crippen LogP contribution in [0.3, 0.4) is 0 Å². The zero-order valence-electron chi connectivity index (χ0n) is 13.6. The van der Waals surface area contributed by atoms with Gasteiger partial charge in [-0.1, -0.05) is 18.2 Å². The van der Waals surface area contributed by atoms with Crippen molar-refractivity contribution in [2.75, 3.05) is 0 Å². The second-order valence-electron chi connectivity index (χ2n) is 6.20. The smallest absolute Gasteiger partial charge is 0.307 e. The maximum atomic E-state index is 12.8. The number of amides is 1. The zero-order valence-corrected chi connectivity index (χ0v) is 13.6. The first-order valence-corrected chi connectivity index (χ1v) is 8.10. The molecule has 3 aromatic rings. The van der Waals surface area contributed by atoms with E-state index in [1.165, 1.54) is 6.26 Å². The number of halogens is 2. The van der Waals surface area contributed by atoms with E-state index in [-0.39, 0.29) is 25.3 Å². The Balaban J connectivity index is 1.38. The molecule has 0 saturated heterocycles. The van der Waals surface area contributed by atoms with Crippen LogP contribution < -0.4 is 10.1 Å². The molecule has 1 fully saturated rings. The Morgan fingerprint density at radius 1 is 1.31 bits per heavy atom. The summed E-state index contributed by atoms with van der Waals surface area (Å²) in [5.74, 6) is -2.88. The van der Waals surface area contributed by atoms with Crippen molar-refractivity contribution in [3.63, 3.8) is 0 Å². The fraction of sp³-hybridized carbons (Fsp3) is 0.278. The van der Waals surface area contributed by atoms with Gasteiger partial charge in [-0.15, -0.1) is 0 Å². The van der Waals surface area contributed by atoms with Crippen molar-refractivity contribution in [1.82, 2.24) is 15.3 Å². The molecule has 0 radical (unpaired) electrons. The van der Waals surface area contributed by atoms with Crippen molar-refractivity contribution in [1.29, 1.82) is 0 Å². The molecule has 0 spiro atoms. The van der Waals surface area contributed by atoms with Crippen molar-refractivity contribution < 1.29 is 22.7 Å². The van der Waals surface area contributed by atoms with Gasteiger partial charge >= 0.3 is 5.91 Å². The number of carbonyl (C=O) groups is 1. The highest BCUT2D eigenvalue weighted by molar-refractivity contribution is 5.90. The lowest BCUT2D eigenvalue weighted by atomic mass is 9.88. The van der Waals surface area contributed by atoms with Crippen molar-refractivity contribution in [2.45, 2.75) is 31.4 Å². The van der Waals surface area contributed by atoms with Gasteiger partial charge in [0.05, 0.1) is 0 Å². The van der Waals surface area contributed by atoms with E-state index in [1.807, 2.05) is 24.3 Å². The number of hydrogen-bond acceptors (Lipinski definition) is 5. The van der Waals surface area contributed by atoms with Crippen LogP contribution in [0, 0.1) is 0 Å². The van der Waals surface area contributed by atoms with E-state index >= 15 is 0 Å². The van der Waals surface area contributed by atoms with Crippen molar-refractivity contribution >= 4 is 16.8 Å². The summed E-state index contributed by atoms with van der Waals surface area (Å²) in [4.78, 5) is 20.3. The molecule has 1 amide bonds. The monoisotopic (exact) mass is 359 g/mol. The van der Waals surface area contributed by atoms with E-state index in [1.54, 1.807) is 12.3 Å². The first-order chi connectivity index (χ1) is 12.5. The third-order valence-electron chi connectivity index (χ3n) is 4.14. The van der Waals surface area contributed by atoms with Gasteiger partial charge < -0.3 is 14.5 Å². The number of carbonyl (C=O) groups excluding carboxylic acids is 1. The van der Waals surface area contributed by atoms with Crippen LogP contribution in [0.2, 0.25) is 0 Å². The number of nitrogens with zero attached hydrogens (tertiary/aromatic N) is 2. The SMILES string of the molecule is O=C(NC1CC(F)(F)C1)c1nc(COc2cccc3cccnc23)co1. The molecule has 1 saturated carbocycles. The Morgan fingerprint density at radius 3 is 2.92 bits per heavy atom. The minimum atomic E-state index is -2.69. The van der Waals surface area contributed by atoms with E-state index in [0.29, 0.717) is 11.4 Å². The van der Waals surface area contributed by atoms with E-state index in [0.717, 1.165) is 10.9 Å². The number of pyridine rings is 1. The van der Waals surface area contributed by atoms with Gasteiger partial charge in [0.15, 0.2) is 0 Å². The standard InChI is InChI=1S/C18H15F2N3O3/c19-18(20)7-12(8-18)22-16(24)17-23-13(10-26-17)9-25-14-5-1-3-11-4-2-6-21-15(11)14/h1-6,10,12H,7-9H2,(H,22,24). The fourth-order valence-electron chi connectivity index (χ4n) is 2.83. The number of oxazole rings is 1. The van der Waals surface area contributed by atoms with Crippen LogP contribution in [0.4, 0.5) is 8.78 Å². The van der Waals surface area contributed by atoms with Gasteiger partial charge in [-0.3, -0.25) is 9.78 Å². The minimum Gasteiger partial charge on any atom is -0.485 e. The van der Waals surface area contributed by atoms with Crippen LogP contribution in [0.15, 0.2) is 47.2 Å². The average Bonchev–Trinajstić information content (AvgIpc) is 3.07. The molecule has 6 nitrogen and oxygen atoms in total. The summed E-state index contributed by atoms with van der Waals surface area (Å²) >= 11 is 0. The molecule has 1 aliphatic rings. The Labute approximate surface area is 147 Å². The molecular weight excluding hydrogens is 344 g/mol. The number of alkyl halides is 2. The van der Waals surface area contributed by atoms with E-state index in [4.69, 9.17) is 9.15 Å². The average molecular weight is 359 g/mol. The molecule has 2 aromatic heterocycles. The van der Waals surface area contributed by atoms with Crippen molar-refractivity contribution in [2.24, 2.45) is 0 Å². The van der Waals surface area contributed by atoms with E-state index < -0.39 is 17.9 Å². The molecule has 2 heterocycles. The van der Waals surface area contributed by atoms with Gasteiger partial charge in [-0.05, 0) is 12.1 Å². The van der Waals surface area contributed by atoms with E-state index in [2.05, 4.69) is 15.3 Å². The largest absolute Gasteiger partial charge is 0.485 e. The number of benzene rings is 1. The maximum absolute atomic E-state index is 12.8. The number of rotatable bonds is 5. The summed E-state index contributed by atoms with van der Waals surface area (Å²) in [5, 5.41) is 3.42. The Kier molecular flexibility index (Phi) is 4.02. The third-order valence-corrected chi connectivity index (χ3v) is 4.14. The molecule has 4 rings (SSSR count). The van der Waals surface area contributed by atoms with Crippen LogP contribution in [0.1, 0.15) is 29.2 Å². The number of fused-ring (bicyclic) bond motifs is 1.